The highest BCUT2D eigenvalue weighted by Gasteiger charge is 2.64. The zero-order chi connectivity index (χ0) is 61.3. The van der Waals surface area contributed by atoms with Gasteiger partial charge in [-0.2, -0.15) is 0 Å². The molecule has 5 rings (SSSR count). The van der Waals surface area contributed by atoms with Crippen LogP contribution in [0.3, 0.4) is 0 Å². The average Bonchev–Trinajstić information content (AvgIpc) is 2.23. The number of unbranched alkanes of at least 4 members (excludes halogenated alkanes) is 2. The molecule has 0 aliphatic carbocycles. The highest BCUT2D eigenvalue weighted by molar-refractivity contribution is 9.10. The Morgan fingerprint density at radius 1 is 1.02 bits per heavy atom. The zero-order valence-corrected chi connectivity index (χ0v) is 51.9. The van der Waals surface area contributed by atoms with Crippen LogP contribution in [0.5, 0.6) is 5.75 Å². The van der Waals surface area contributed by atoms with Gasteiger partial charge in [0, 0.05) is 62.7 Å². The number of ketones is 2. The van der Waals surface area contributed by atoms with E-state index in [1.807, 2.05) is 40.7 Å². The smallest absolute Gasteiger partial charge is 0.412 e. The molecule has 0 saturated carbocycles. The van der Waals surface area contributed by atoms with E-state index < -0.39 is 83.4 Å². The van der Waals surface area contributed by atoms with Crippen molar-refractivity contribution in [1.29, 1.82) is 0 Å². The maximum atomic E-state index is 14.5. The summed E-state index contributed by atoms with van der Waals surface area (Å²) in [5.41, 5.74) is 5.14. The Balaban J connectivity index is 1.31. The number of halogens is 2. The number of anilines is 2. The number of primary amides is 1. The number of esters is 2. The summed E-state index contributed by atoms with van der Waals surface area (Å²) in [7, 11) is 4.48. The number of hydrogen-bond donors (Lipinski definition) is 5. The number of nitrogens with zero attached hydrogens (tertiary/aromatic N) is 1. The van der Waals surface area contributed by atoms with Gasteiger partial charge in [0.05, 0.1) is 56.0 Å². The lowest BCUT2D eigenvalue weighted by atomic mass is 9.78. The van der Waals surface area contributed by atoms with Crippen LogP contribution < -0.4 is 31.3 Å². The van der Waals surface area contributed by atoms with Crippen LogP contribution in [0, 0.1) is 23.7 Å². The molecule has 3 heterocycles. The van der Waals surface area contributed by atoms with Crippen molar-refractivity contribution < 1.29 is 71.9 Å². The summed E-state index contributed by atoms with van der Waals surface area (Å²) >= 11 is 10.4. The minimum atomic E-state index is -1.64. The fourth-order valence-corrected chi connectivity index (χ4v) is 11.7. The molecule has 3 aliphatic rings. The third kappa shape index (κ3) is 19.1. The molecule has 9 atom stereocenters. The van der Waals surface area contributed by atoms with E-state index >= 15 is 0 Å². The molecule has 0 unspecified atom stereocenters. The van der Waals surface area contributed by atoms with E-state index in [1.54, 1.807) is 63.4 Å². The number of rotatable bonds is 25. The number of carbonyl (C=O) groups excluding carboxylic acids is 8. The van der Waals surface area contributed by atoms with Crippen molar-refractivity contribution in [2.75, 3.05) is 44.6 Å². The first-order chi connectivity index (χ1) is 39.3. The van der Waals surface area contributed by atoms with Crippen molar-refractivity contribution in [3.8, 4) is 5.75 Å². The second-order valence-electron chi connectivity index (χ2n) is 22.7. The third-order valence-electron chi connectivity index (χ3n) is 16.0. The molecule has 4 bridgehead atoms. The number of methoxy groups -OCH3 is 2. The molecular formula is C61H85BrClN5O15. The predicted octanol–water partition coefficient (Wildman–Crippen LogP) is 9.20. The summed E-state index contributed by atoms with van der Waals surface area (Å²) < 4.78 is 35.5. The van der Waals surface area contributed by atoms with E-state index in [0.29, 0.717) is 66.4 Å². The second-order valence-corrected chi connectivity index (χ2v) is 23.9. The molecule has 3 aliphatic heterocycles. The van der Waals surface area contributed by atoms with Gasteiger partial charge in [0.1, 0.15) is 46.1 Å². The lowest BCUT2D eigenvalue weighted by Crippen LogP contribution is -2.53. The van der Waals surface area contributed by atoms with E-state index in [9.17, 15) is 43.5 Å². The number of urea groups is 1. The molecule has 2 fully saturated rings. The van der Waals surface area contributed by atoms with Crippen molar-refractivity contribution in [3.63, 3.8) is 0 Å². The Morgan fingerprint density at radius 2 is 1.75 bits per heavy atom. The molecule has 83 heavy (non-hydrogen) atoms. The predicted molar refractivity (Wildman–Crippen MR) is 317 cm³/mol. The number of nitrogens with two attached hydrogens (primary N) is 1. The van der Waals surface area contributed by atoms with Crippen LogP contribution in [0.4, 0.5) is 21.0 Å². The Hall–Kier alpha value is -5.87. The molecule has 0 spiro atoms. The summed E-state index contributed by atoms with van der Waals surface area (Å²) in [4.78, 5) is 108. The number of amides is 5. The Labute approximate surface area is 501 Å². The number of benzene rings is 2. The first-order valence-electron chi connectivity index (χ1n) is 28.7. The van der Waals surface area contributed by atoms with Crippen LogP contribution in [0.15, 0.2) is 58.6 Å². The first-order valence-corrected chi connectivity index (χ1v) is 29.8. The topological polar surface area (TPSA) is 281 Å². The van der Waals surface area contributed by atoms with Gasteiger partial charge < -0.3 is 54.8 Å². The van der Waals surface area contributed by atoms with Crippen LogP contribution in [0.2, 0.25) is 5.02 Å². The van der Waals surface area contributed by atoms with Gasteiger partial charge in [-0.3, -0.25) is 34.1 Å². The molecular weight excluding hydrogens is 1160 g/mol. The van der Waals surface area contributed by atoms with Crippen molar-refractivity contribution >= 4 is 86.3 Å². The number of epoxide rings is 1. The maximum absolute atomic E-state index is 14.5. The molecule has 2 aromatic rings. The van der Waals surface area contributed by atoms with Gasteiger partial charge in [-0.1, -0.05) is 76.1 Å². The van der Waals surface area contributed by atoms with Crippen molar-refractivity contribution in [1.82, 2.24) is 10.6 Å². The fourth-order valence-electron chi connectivity index (χ4n) is 10.8. The number of ether oxygens (including phenoxy) is 6. The van der Waals surface area contributed by atoms with Gasteiger partial charge in [-0.15, -0.1) is 0 Å². The molecule has 22 heteroatoms. The molecule has 0 radical (unpaired) electrons. The van der Waals surface area contributed by atoms with Gasteiger partial charge in [0.25, 0.3) is 0 Å². The lowest BCUT2D eigenvalue weighted by molar-refractivity contribution is -0.187. The minimum absolute atomic E-state index is 0.00287. The highest BCUT2D eigenvalue weighted by Crippen LogP contribution is 2.50. The normalized spacial score (nSPS) is 24.5. The molecule has 20 nitrogen and oxygen atoms in total. The summed E-state index contributed by atoms with van der Waals surface area (Å²) in [5.74, 6) is -3.51. The van der Waals surface area contributed by atoms with Crippen molar-refractivity contribution in [2.45, 2.75) is 180 Å². The summed E-state index contributed by atoms with van der Waals surface area (Å²) in [5, 5.41) is 20.3. The number of fused-ring (bicyclic) bond motifs is 5. The van der Waals surface area contributed by atoms with E-state index in [4.69, 9.17) is 45.8 Å². The van der Waals surface area contributed by atoms with Gasteiger partial charge >= 0.3 is 24.1 Å². The minimum Gasteiger partial charge on any atom is -0.495 e. The monoisotopic (exact) mass is 1240 g/mol. The number of hydrogen-bond acceptors (Lipinski definition) is 15. The number of Topliss-reactive ketones (excluding diaryl/α,β-unsaturated/α-hetero) is 2. The van der Waals surface area contributed by atoms with Crippen LogP contribution in [-0.4, -0.2) is 129 Å². The van der Waals surface area contributed by atoms with Crippen molar-refractivity contribution in [2.24, 2.45) is 29.4 Å². The molecule has 2 saturated heterocycles. The van der Waals surface area contributed by atoms with Crippen molar-refractivity contribution in [3.05, 3.63) is 74.8 Å². The second kappa shape index (κ2) is 31.3. The van der Waals surface area contributed by atoms with Crippen LogP contribution in [-0.2, 0) is 65.3 Å². The summed E-state index contributed by atoms with van der Waals surface area (Å²) in [6, 6.07) is 6.64. The van der Waals surface area contributed by atoms with Gasteiger partial charge in [0.15, 0.2) is 5.78 Å². The highest BCUT2D eigenvalue weighted by atomic mass is 79.9. The standard InChI is InChI=1S/C61H85BrClN5O15/c1-11-40(12-2)57(74)80-25-15-13-14-19-41(69)31-42(35(3)4)56(73)66-45(20-17-24-65-58(64)75)47(70)29-38-22-23-44(43(62)27-38)67-59(76)82-51-32-52(71)68(8)46-28-39(30-48(78-9)54(46)63)26-36(5)18-16-21-50(79-10)61(77)33-49(81-53(72)34-61)37(6)55-60(51,7)83-55/h16,18,21-23,27-28,30,35,37,40,42,45,49-51,55,77H,11-15,17,19-20,24-26,29,31-34H2,1-10H3,(H,66,73)(H,67,76)(H3,64,65,75)/b21-16+,36-18+/t37-,42+,45+,49+,50-,51+,55+,60+,61-/m1/s1. The molecule has 0 aromatic heterocycles. The van der Waals surface area contributed by atoms with E-state index in [0.717, 1.165) is 11.1 Å². The number of aliphatic hydroxyl groups is 1. The molecule has 458 valence electrons. The zero-order valence-electron chi connectivity index (χ0n) is 49.6. The largest absolute Gasteiger partial charge is 0.495 e. The van der Waals surface area contributed by atoms with Gasteiger partial charge in [-0.05, 0) is 122 Å². The number of carbonyl (C=O) groups is 8. The first kappa shape index (κ1) is 67.9. The molecule has 5 amide bonds. The Kier molecular flexibility index (Phi) is 25.6. The summed E-state index contributed by atoms with van der Waals surface area (Å²) in [6.07, 6.45) is 4.25. The van der Waals surface area contributed by atoms with Crippen LogP contribution in [0.1, 0.15) is 137 Å². The van der Waals surface area contributed by atoms with Gasteiger partial charge in [-0.25, -0.2) is 9.59 Å². The Bertz CT molecular complexity index is 2720. The van der Waals surface area contributed by atoms with Gasteiger partial charge in [0.2, 0.25) is 11.8 Å². The molecule has 2 aromatic carbocycles. The molecule has 6 N–H and O–H groups in total. The van der Waals surface area contributed by atoms with E-state index in [1.165, 1.54) is 19.1 Å². The maximum Gasteiger partial charge on any atom is 0.412 e. The lowest BCUT2D eigenvalue weighted by Gasteiger charge is -2.41. The van der Waals surface area contributed by atoms with E-state index in [2.05, 4.69) is 31.9 Å². The quantitative estimate of drug-likeness (QED) is 0.0268. The number of allylic oxidation sites excluding steroid dienone is 3. The van der Waals surface area contributed by atoms with Crippen LogP contribution >= 0.6 is 27.5 Å². The summed E-state index contributed by atoms with van der Waals surface area (Å²) in [6.45, 7) is 13.4. The fraction of sp³-hybridized carbons (Fsp3) is 0.607. The van der Waals surface area contributed by atoms with Crippen LogP contribution in [0.25, 0.3) is 0 Å². The van der Waals surface area contributed by atoms with E-state index in [-0.39, 0.29) is 98.2 Å². The Morgan fingerprint density at radius 3 is 2.40 bits per heavy atom. The average molecular weight is 1240 g/mol. The third-order valence-corrected chi connectivity index (χ3v) is 17.1. The SMILES string of the molecule is CCC(CC)C(=O)OCCCCCC(=O)C[C@H](C(=O)N[C@@H](CCCNC(N)=O)C(=O)Cc1ccc(NC(=O)O[C@H]2CC(=O)N(C)c3cc(cc(OC)c3Cl)C/C(C)=C/C=C/[C@@H](OC)[C@]3(O)CC(=O)O[C@@H](C3)[C@@H](C)[C@@H]3O[C@@]23C)c(Br)c1)C(C)C. The number of nitrogens with one attached hydrogen (secondary N) is 3.